The van der Waals surface area contributed by atoms with Crippen LogP contribution < -0.4 is 4.90 Å². The summed E-state index contributed by atoms with van der Waals surface area (Å²) in [5.41, 5.74) is 0. The zero-order chi connectivity index (χ0) is 12.3. The molecule has 1 aromatic rings. The van der Waals surface area contributed by atoms with Gasteiger partial charge in [-0.1, -0.05) is 25.7 Å². The maximum Gasteiger partial charge on any atom is 0.371 e. The second-order valence-electron chi connectivity index (χ2n) is 4.70. The van der Waals surface area contributed by atoms with Gasteiger partial charge in [0, 0.05) is 19.2 Å². The van der Waals surface area contributed by atoms with E-state index in [0.717, 1.165) is 0 Å². The average Bonchev–Trinajstić information content (AvgIpc) is 2.65. The Morgan fingerprint density at radius 3 is 2.47 bits per heavy atom. The lowest BCUT2D eigenvalue weighted by Gasteiger charge is -2.26. The van der Waals surface area contributed by atoms with E-state index in [9.17, 15) is 4.79 Å². The third-order valence-corrected chi connectivity index (χ3v) is 3.52. The molecule has 1 aromatic heterocycles. The number of carbonyl (C=O) groups is 1. The smallest absolute Gasteiger partial charge is 0.371 e. The predicted octanol–water partition coefficient (Wildman–Crippen LogP) is 3.14. The fourth-order valence-corrected chi connectivity index (χ4v) is 2.46. The van der Waals surface area contributed by atoms with Crippen molar-refractivity contribution in [1.82, 2.24) is 0 Å². The largest absolute Gasteiger partial charge is 0.475 e. The van der Waals surface area contributed by atoms with Crippen molar-refractivity contribution in [3.63, 3.8) is 0 Å². The highest BCUT2D eigenvalue weighted by Crippen LogP contribution is 2.26. The van der Waals surface area contributed by atoms with E-state index >= 15 is 0 Å². The SMILES string of the molecule is CN(c1ccc(C(=O)O)o1)C1CCCCCC1. The molecule has 0 unspecified atom stereocenters. The van der Waals surface area contributed by atoms with E-state index in [1.807, 2.05) is 7.05 Å². The Morgan fingerprint density at radius 2 is 1.94 bits per heavy atom. The second kappa shape index (κ2) is 5.25. The van der Waals surface area contributed by atoms with Gasteiger partial charge < -0.3 is 14.4 Å². The first-order chi connectivity index (χ1) is 8.18. The number of nitrogens with zero attached hydrogens (tertiary/aromatic N) is 1. The number of rotatable bonds is 3. The van der Waals surface area contributed by atoms with Gasteiger partial charge in [0.1, 0.15) is 0 Å². The van der Waals surface area contributed by atoms with Gasteiger partial charge in [0.25, 0.3) is 0 Å². The fraction of sp³-hybridized carbons (Fsp3) is 0.615. The van der Waals surface area contributed by atoms with Crippen LogP contribution in [0.3, 0.4) is 0 Å². The summed E-state index contributed by atoms with van der Waals surface area (Å²) in [5, 5.41) is 8.82. The molecule has 1 N–H and O–H groups in total. The third kappa shape index (κ3) is 2.81. The van der Waals surface area contributed by atoms with E-state index in [4.69, 9.17) is 9.52 Å². The second-order valence-corrected chi connectivity index (χ2v) is 4.70. The van der Waals surface area contributed by atoms with Crippen LogP contribution in [0.4, 0.5) is 5.88 Å². The topological polar surface area (TPSA) is 53.7 Å². The number of anilines is 1. The minimum Gasteiger partial charge on any atom is -0.475 e. The molecule has 0 radical (unpaired) electrons. The first kappa shape index (κ1) is 12.0. The Morgan fingerprint density at radius 1 is 1.29 bits per heavy atom. The van der Waals surface area contributed by atoms with Gasteiger partial charge in [0.05, 0.1) is 0 Å². The zero-order valence-electron chi connectivity index (χ0n) is 10.2. The molecule has 0 aromatic carbocycles. The monoisotopic (exact) mass is 237 g/mol. The molecule has 1 aliphatic carbocycles. The van der Waals surface area contributed by atoms with Crippen molar-refractivity contribution in [1.29, 1.82) is 0 Å². The summed E-state index contributed by atoms with van der Waals surface area (Å²) in [7, 11) is 1.99. The highest BCUT2D eigenvalue weighted by Gasteiger charge is 2.20. The molecule has 1 saturated carbocycles. The first-order valence-electron chi connectivity index (χ1n) is 6.24. The summed E-state index contributed by atoms with van der Waals surface area (Å²) in [6.07, 6.45) is 7.45. The molecule has 0 amide bonds. The number of carboxylic acid groups (broad SMARTS) is 1. The van der Waals surface area contributed by atoms with Gasteiger partial charge in [-0.15, -0.1) is 0 Å². The molecule has 0 spiro atoms. The lowest BCUT2D eigenvalue weighted by Crippen LogP contribution is -2.30. The van der Waals surface area contributed by atoms with Crippen LogP contribution in [0.1, 0.15) is 49.1 Å². The van der Waals surface area contributed by atoms with E-state index in [-0.39, 0.29) is 5.76 Å². The first-order valence-corrected chi connectivity index (χ1v) is 6.24. The highest BCUT2D eigenvalue weighted by molar-refractivity contribution is 5.84. The minimum absolute atomic E-state index is 0.0143. The van der Waals surface area contributed by atoms with E-state index < -0.39 is 5.97 Å². The van der Waals surface area contributed by atoms with E-state index in [0.29, 0.717) is 11.9 Å². The van der Waals surface area contributed by atoms with Crippen LogP contribution in [0, 0.1) is 0 Å². The lowest BCUT2D eigenvalue weighted by atomic mass is 10.1. The summed E-state index contributed by atoms with van der Waals surface area (Å²) in [6, 6.07) is 3.74. The van der Waals surface area contributed by atoms with Crippen LogP contribution in [0.5, 0.6) is 0 Å². The minimum atomic E-state index is -1.01. The summed E-state index contributed by atoms with van der Waals surface area (Å²) in [6.45, 7) is 0. The summed E-state index contributed by atoms with van der Waals surface area (Å²) in [5.74, 6) is -0.333. The van der Waals surface area contributed by atoms with Gasteiger partial charge in [-0.2, -0.15) is 0 Å². The van der Waals surface area contributed by atoms with E-state index in [1.54, 1.807) is 6.07 Å². The zero-order valence-corrected chi connectivity index (χ0v) is 10.2. The van der Waals surface area contributed by atoms with Gasteiger partial charge in [-0.3, -0.25) is 0 Å². The average molecular weight is 237 g/mol. The lowest BCUT2D eigenvalue weighted by molar-refractivity contribution is 0.0663. The highest BCUT2D eigenvalue weighted by atomic mass is 16.4. The van der Waals surface area contributed by atoms with Crippen molar-refractivity contribution in [2.24, 2.45) is 0 Å². The van der Waals surface area contributed by atoms with Crippen LogP contribution in [-0.2, 0) is 0 Å². The summed E-state index contributed by atoms with van der Waals surface area (Å²) >= 11 is 0. The van der Waals surface area contributed by atoms with Crippen molar-refractivity contribution in [3.8, 4) is 0 Å². The number of furan rings is 1. The molecule has 1 fully saturated rings. The van der Waals surface area contributed by atoms with E-state index in [1.165, 1.54) is 44.6 Å². The van der Waals surface area contributed by atoms with Gasteiger partial charge in [-0.05, 0) is 18.9 Å². The quantitative estimate of drug-likeness (QED) is 0.820. The number of aromatic carboxylic acids is 1. The molecular weight excluding hydrogens is 218 g/mol. The van der Waals surface area contributed by atoms with Crippen molar-refractivity contribution in [3.05, 3.63) is 17.9 Å². The van der Waals surface area contributed by atoms with Gasteiger partial charge in [0.15, 0.2) is 5.88 Å². The molecular formula is C13H19NO3. The summed E-state index contributed by atoms with van der Waals surface area (Å²) < 4.78 is 5.33. The van der Waals surface area contributed by atoms with Gasteiger partial charge in [0.2, 0.25) is 5.76 Å². The van der Waals surface area contributed by atoms with Gasteiger partial charge in [-0.25, -0.2) is 4.79 Å². The fourth-order valence-electron chi connectivity index (χ4n) is 2.46. The molecule has 2 rings (SSSR count). The predicted molar refractivity (Wildman–Crippen MR) is 65.6 cm³/mol. The molecule has 4 heteroatoms. The van der Waals surface area contributed by atoms with Gasteiger partial charge >= 0.3 is 5.97 Å². The van der Waals surface area contributed by atoms with Crippen molar-refractivity contribution in [2.75, 3.05) is 11.9 Å². The maximum atomic E-state index is 10.8. The third-order valence-electron chi connectivity index (χ3n) is 3.52. The van der Waals surface area contributed by atoms with Crippen molar-refractivity contribution in [2.45, 2.75) is 44.6 Å². The molecule has 1 aliphatic rings. The molecule has 4 nitrogen and oxygen atoms in total. The Bertz CT molecular complexity index is 378. The molecule has 0 atom stereocenters. The Labute approximate surface area is 101 Å². The summed E-state index contributed by atoms with van der Waals surface area (Å²) in [4.78, 5) is 12.8. The van der Waals surface area contributed by atoms with Crippen molar-refractivity contribution >= 4 is 11.9 Å². The normalized spacial score (nSPS) is 17.7. The molecule has 0 bridgehead atoms. The Balaban J connectivity index is 2.06. The van der Waals surface area contributed by atoms with Crippen LogP contribution in [0.2, 0.25) is 0 Å². The number of carboxylic acids is 1. The molecule has 0 aliphatic heterocycles. The molecule has 94 valence electrons. The Kier molecular flexibility index (Phi) is 3.71. The van der Waals surface area contributed by atoms with Crippen LogP contribution >= 0.6 is 0 Å². The molecule has 0 saturated heterocycles. The Hall–Kier alpha value is -1.45. The number of hydrogen-bond acceptors (Lipinski definition) is 3. The number of hydrogen-bond donors (Lipinski definition) is 1. The van der Waals surface area contributed by atoms with Crippen LogP contribution in [-0.4, -0.2) is 24.2 Å². The standard InChI is InChI=1S/C13H19NO3/c1-14(10-6-4-2-3-5-7-10)12-9-8-11(17-12)13(15)16/h8-10H,2-7H2,1H3,(H,15,16). The van der Waals surface area contributed by atoms with Crippen molar-refractivity contribution < 1.29 is 14.3 Å². The van der Waals surface area contributed by atoms with E-state index in [2.05, 4.69) is 4.90 Å². The molecule has 17 heavy (non-hydrogen) atoms. The molecule has 1 heterocycles. The van der Waals surface area contributed by atoms with Crippen LogP contribution in [0.25, 0.3) is 0 Å². The maximum absolute atomic E-state index is 10.8. The van der Waals surface area contributed by atoms with Crippen LogP contribution in [0.15, 0.2) is 16.5 Å².